The Hall–Kier alpha value is -0.970. The third-order valence-electron chi connectivity index (χ3n) is 3.21. The van der Waals surface area contributed by atoms with Gasteiger partial charge in [-0.05, 0) is 48.9 Å². The van der Waals surface area contributed by atoms with E-state index in [1.54, 1.807) is 18.4 Å². The van der Waals surface area contributed by atoms with Crippen molar-refractivity contribution in [2.24, 2.45) is 0 Å². The number of rotatable bonds is 8. The smallest absolute Gasteiger partial charge is 0.0809 e. The second-order valence-corrected chi connectivity index (χ2v) is 5.66. The number of aromatic nitrogens is 1. The molecule has 0 aliphatic heterocycles. The summed E-state index contributed by atoms with van der Waals surface area (Å²) in [6, 6.07) is 4.73. The molecule has 2 rings (SSSR count). The van der Waals surface area contributed by atoms with E-state index in [0.29, 0.717) is 6.04 Å². The molecule has 2 aromatic rings. The van der Waals surface area contributed by atoms with Gasteiger partial charge in [-0.1, -0.05) is 6.92 Å². The number of pyridine rings is 1. The molecule has 1 N–H and O–H groups in total. The molecule has 0 fully saturated rings. The molecule has 0 radical (unpaired) electrons. The number of hydrogen-bond donors (Lipinski definition) is 1. The highest BCUT2D eigenvalue weighted by molar-refractivity contribution is 7.17. The topological polar surface area (TPSA) is 34.1 Å². The Morgan fingerprint density at radius 2 is 2.37 bits per heavy atom. The second-order valence-electron chi connectivity index (χ2n) is 4.71. The largest absolute Gasteiger partial charge is 0.385 e. The minimum absolute atomic E-state index is 0.383. The van der Waals surface area contributed by atoms with Gasteiger partial charge in [0.1, 0.15) is 0 Å². The number of ether oxygens (including phenoxy) is 1. The van der Waals surface area contributed by atoms with E-state index in [9.17, 15) is 0 Å². The van der Waals surface area contributed by atoms with E-state index in [-0.39, 0.29) is 0 Å². The monoisotopic (exact) mass is 278 g/mol. The molecule has 1 atom stereocenters. The molecule has 2 aromatic heterocycles. The molecule has 0 aliphatic carbocycles. The van der Waals surface area contributed by atoms with Crippen LogP contribution in [0.1, 0.15) is 37.8 Å². The van der Waals surface area contributed by atoms with Gasteiger partial charge in [-0.3, -0.25) is 4.98 Å². The van der Waals surface area contributed by atoms with Crippen LogP contribution < -0.4 is 5.32 Å². The van der Waals surface area contributed by atoms with Crippen LogP contribution in [-0.2, 0) is 4.74 Å². The molecule has 0 spiro atoms. The highest BCUT2D eigenvalue weighted by atomic mass is 32.1. The van der Waals surface area contributed by atoms with Crippen molar-refractivity contribution in [2.75, 3.05) is 20.3 Å². The van der Waals surface area contributed by atoms with Gasteiger partial charge in [-0.15, -0.1) is 11.3 Å². The van der Waals surface area contributed by atoms with Crippen LogP contribution in [0.3, 0.4) is 0 Å². The molecule has 4 heteroatoms. The fraction of sp³-hybridized carbons (Fsp3) is 0.533. The van der Waals surface area contributed by atoms with Crippen molar-refractivity contribution in [3.63, 3.8) is 0 Å². The third-order valence-corrected chi connectivity index (χ3v) is 4.06. The Morgan fingerprint density at radius 3 is 3.16 bits per heavy atom. The summed E-state index contributed by atoms with van der Waals surface area (Å²) in [5.74, 6) is 0. The van der Waals surface area contributed by atoms with Gasteiger partial charge in [0.15, 0.2) is 0 Å². The summed E-state index contributed by atoms with van der Waals surface area (Å²) >= 11 is 1.76. The molecule has 0 bridgehead atoms. The van der Waals surface area contributed by atoms with E-state index in [2.05, 4.69) is 34.7 Å². The predicted molar refractivity (Wildman–Crippen MR) is 81.8 cm³/mol. The normalized spacial score (nSPS) is 12.9. The van der Waals surface area contributed by atoms with Crippen LogP contribution in [0.25, 0.3) is 10.2 Å². The van der Waals surface area contributed by atoms with Gasteiger partial charge in [0.2, 0.25) is 0 Å². The van der Waals surface area contributed by atoms with Crippen molar-refractivity contribution in [1.29, 1.82) is 0 Å². The van der Waals surface area contributed by atoms with Crippen LogP contribution in [0.2, 0.25) is 0 Å². The summed E-state index contributed by atoms with van der Waals surface area (Å²) in [6.45, 7) is 4.05. The average molecular weight is 278 g/mol. The molecular formula is C15H22N2OS. The molecule has 1 unspecified atom stereocenters. The molecule has 0 saturated heterocycles. The van der Waals surface area contributed by atoms with Crippen molar-refractivity contribution in [3.8, 4) is 0 Å². The maximum Gasteiger partial charge on any atom is 0.0809 e. The molecule has 19 heavy (non-hydrogen) atoms. The number of nitrogens with one attached hydrogen (secondary N) is 1. The summed E-state index contributed by atoms with van der Waals surface area (Å²) in [5.41, 5.74) is 2.39. The van der Waals surface area contributed by atoms with Gasteiger partial charge >= 0.3 is 0 Å². The van der Waals surface area contributed by atoms with Gasteiger partial charge < -0.3 is 10.1 Å². The zero-order chi connectivity index (χ0) is 13.5. The first-order valence-electron chi connectivity index (χ1n) is 6.90. The molecule has 0 aromatic carbocycles. The standard InChI is InChI=1S/C15H22N2OS/c1-3-7-16-13(5-4-8-18-2)12-10-15-14(17-11-12)6-9-19-15/h6,9-11,13,16H,3-5,7-8H2,1-2H3. The summed E-state index contributed by atoms with van der Waals surface area (Å²) in [4.78, 5) is 4.54. The SMILES string of the molecule is CCCNC(CCCOC)c1cnc2ccsc2c1. The van der Waals surface area contributed by atoms with Crippen LogP contribution in [-0.4, -0.2) is 25.2 Å². The van der Waals surface area contributed by atoms with Gasteiger partial charge in [0, 0.05) is 26.0 Å². The maximum absolute atomic E-state index is 5.15. The Kier molecular flexibility index (Phi) is 5.76. The zero-order valence-corrected chi connectivity index (χ0v) is 12.5. The highest BCUT2D eigenvalue weighted by Crippen LogP contribution is 2.25. The lowest BCUT2D eigenvalue weighted by Crippen LogP contribution is -2.22. The van der Waals surface area contributed by atoms with E-state index in [0.717, 1.165) is 37.9 Å². The third kappa shape index (κ3) is 4.00. The number of thiophene rings is 1. The van der Waals surface area contributed by atoms with Crippen LogP contribution in [0, 0.1) is 0 Å². The molecule has 104 valence electrons. The van der Waals surface area contributed by atoms with Crippen molar-refractivity contribution in [2.45, 2.75) is 32.2 Å². The number of nitrogens with zero attached hydrogens (tertiary/aromatic N) is 1. The van der Waals surface area contributed by atoms with Crippen LogP contribution in [0.4, 0.5) is 0 Å². The van der Waals surface area contributed by atoms with Crippen molar-refractivity contribution in [3.05, 3.63) is 29.3 Å². The maximum atomic E-state index is 5.15. The van der Waals surface area contributed by atoms with Crippen molar-refractivity contribution < 1.29 is 4.74 Å². The van der Waals surface area contributed by atoms with Gasteiger partial charge in [0.25, 0.3) is 0 Å². The lowest BCUT2D eigenvalue weighted by molar-refractivity contribution is 0.188. The lowest BCUT2D eigenvalue weighted by Gasteiger charge is -2.18. The summed E-state index contributed by atoms with van der Waals surface area (Å²) < 4.78 is 6.42. The quantitative estimate of drug-likeness (QED) is 0.746. The fourth-order valence-electron chi connectivity index (χ4n) is 2.19. The van der Waals surface area contributed by atoms with Crippen LogP contribution >= 0.6 is 11.3 Å². The van der Waals surface area contributed by atoms with Crippen molar-refractivity contribution in [1.82, 2.24) is 10.3 Å². The highest BCUT2D eigenvalue weighted by Gasteiger charge is 2.11. The van der Waals surface area contributed by atoms with Gasteiger partial charge in [-0.2, -0.15) is 0 Å². The Labute approximate surface area is 119 Å². The molecule has 0 saturated carbocycles. The molecular weight excluding hydrogens is 256 g/mol. The molecule has 2 heterocycles. The van der Waals surface area contributed by atoms with Gasteiger partial charge in [-0.25, -0.2) is 0 Å². The van der Waals surface area contributed by atoms with E-state index in [1.165, 1.54) is 10.3 Å². The van der Waals surface area contributed by atoms with Crippen molar-refractivity contribution >= 4 is 21.6 Å². The lowest BCUT2D eigenvalue weighted by atomic mass is 10.0. The number of hydrogen-bond acceptors (Lipinski definition) is 4. The van der Waals surface area contributed by atoms with E-state index in [4.69, 9.17) is 4.74 Å². The Bertz CT molecular complexity index is 498. The van der Waals surface area contributed by atoms with E-state index >= 15 is 0 Å². The minimum Gasteiger partial charge on any atom is -0.385 e. The Balaban J connectivity index is 2.10. The van der Waals surface area contributed by atoms with E-state index < -0.39 is 0 Å². The molecule has 3 nitrogen and oxygen atoms in total. The summed E-state index contributed by atoms with van der Waals surface area (Å²) in [5, 5.41) is 5.71. The zero-order valence-electron chi connectivity index (χ0n) is 11.7. The average Bonchev–Trinajstić information content (AvgIpc) is 2.90. The fourth-order valence-corrected chi connectivity index (χ4v) is 2.98. The predicted octanol–water partition coefficient (Wildman–Crippen LogP) is 3.76. The minimum atomic E-state index is 0.383. The Morgan fingerprint density at radius 1 is 1.47 bits per heavy atom. The second kappa shape index (κ2) is 7.58. The van der Waals surface area contributed by atoms with Crippen LogP contribution in [0.15, 0.2) is 23.7 Å². The molecule has 0 amide bonds. The van der Waals surface area contributed by atoms with Crippen LogP contribution in [0.5, 0.6) is 0 Å². The number of fused-ring (bicyclic) bond motifs is 1. The first-order chi connectivity index (χ1) is 9.35. The van der Waals surface area contributed by atoms with E-state index in [1.807, 2.05) is 6.20 Å². The molecule has 0 aliphatic rings. The summed E-state index contributed by atoms with van der Waals surface area (Å²) in [6.07, 6.45) is 5.32. The number of methoxy groups -OCH3 is 1. The first-order valence-corrected chi connectivity index (χ1v) is 7.78. The van der Waals surface area contributed by atoms with Gasteiger partial charge in [0.05, 0.1) is 10.2 Å². The summed E-state index contributed by atoms with van der Waals surface area (Å²) in [7, 11) is 1.76. The first kappa shape index (κ1) is 14.4.